The molecule has 1 amide bonds. The Morgan fingerprint density at radius 3 is 3.07 bits per heavy atom. The maximum atomic E-state index is 11.4. The molecular formula is C10H10BrNO2. The van der Waals surface area contributed by atoms with Crippen LogP contribution in [-0.2, 0) is 0 Å². The van der Waals surface area contributed by atoms with Crippen molar-refractivity contribution in [3.05, 3.63) is 22.6 Å². The second-order valence-corrected chi connectivity index (χ2v) is 3.26. The minimum Gasteiger partial charge on any atom is -0.457 e. The lowest BCUT2D eigenvalue weighted by molar-refractivity contribution is 0.0953. The van der Waals surface area contributed by atoms with E-state index < -0.39 is 0 Å². The van der Waals surface area contributed by atoms with Crippen molar-refractivity contribution in [1.29, 1.82) is 0 Å². The summed E-state index contributed by atoms with van der Waals surface area (Å²) in [4.78, 5) is 11.4. The van der Waals surface area contributed by atoms with Crippen LogP contribution in [0.4, 0.5) is 0 Å². The molecule has 4 heteroatoms. The lowest BCUT2D eigenvalue weighted by Crippen LogP contribution is -2.23. The number of halogens is 1. The monoisotopic (exact) mass is 255 g/mol. The predicted molar refractivity (Wildman–Crippen MR) is 56.8 cm³/mol. The Bertz CT molecular complexity index is 373. The fourth-order valence-electron chi connectivity index (χ4n) is 0.915. The fraction of sp³-hybridized carbons (Fsp3) is 0.300. The highest BCUT2D eigenvalue weighted by Gasteiger charge is 2.10. The molecule has 1 aromatic heterocycles. The molecule has 1 aromatic rings. The Balaban J connectivity index is 2.42. The molecule has 1 heterocycles. The molecule has 14 heavy (non-hydrogen) atoms. The van der Waals surface area contributed by atoms with Gasteiger partial charge >= 0.3 is 0 Å². The Morgan fingerprint density at radius 2 is 2.50 bits per heavy atom. The molecule has 1 rings (SSSR count). The number of carbonyl (C=O) groups excluding carboxylic acids is 1. The summed E-state index contributed by atoms with van der Waals surface area (Å²) in [5.74, 6) is 5.47. The zero-order valence-corrected chi connectivity index (χ0v) is 9.35. The quantitative estimate of drug-likeness (QED) is 0.665. The predicted octanol–water partition coefficient (Wildman–Crippen LogP) is 2.19. The SMILES string of the molecule is CC#CCCNC(=O)c1ccoc1Br. The molecular weight excluding hydrogens is 246 g/mol. The molecule has 0 bridgehead atoms. The highest BCUT2D eigenvalue weighted by atomic mass is 79.9. The Kier molecular flexibility index (Phi) is 4.27. The van der Waals surface area contributed by atoms with E-state index in [1.165, 1.54) is 6.26 Å². The van der Waals surface area contributed by atoms with Gasteiger partial charge in [-0.15, -0.1) is 11.8 Å². The van der Waals surface area contributed by atoms with Crippen molar-refractivity contribution in [2.24, 2.45) is 0 Å². The smallest absolute Gasteiger partial charge is 0.255 e. The minimum atomic E-state index is -0.150. The summed E-state index contributed by atoms with van der Waals surface area (Å²) in [5.41, 5.74) is 0.509. The number of furan rings is 1. The molecule has 1 N–H and O–H groups in total. The highest BCUT2D eigenvalue weighted by Crippen LogP contribution is 2.16. The molecule has 74 valence electrons. The topological polar surface area (TPSA) is 42.2 Å². The van der Waals surface area contributed by atoms with Crippen LogP contribution >= 0.6 is 15.9 Å². The van der Waals surface area contributed by atoms with Crippen molar-refractivity contribution in [3.63, 3.8) is 0 Å². The van der Waals surface area contributed by atoms with Gasteiger partial charge in [0.1, 0.15) is 0 Å². The number of rotatable bonds is 3. The molecule has 0 radical (unpaired) electrons. The average Bonchev–Trinajstić information content (AvgIpc) is 2.59. The fourth-order valence-corrected chi connectivity index (χ4v) is 1.33. The molecule has 0 aliphatic carbocycles. The van der Waals surface area contributed by atoms with Gasteiger partial charge in [-0.2, -0.15) is 0 Å². The number of hydrogen-bond acceptors (Lipinski definition) is 2. The van der Waals surface area contributed by atoms with E-state index in [9.17, 15) is 4.79 Å². The van der Waals surface area contributed by atoms with Crippen molar-refractivity contribution >= 4 is 21.8 Å². The van der Waals surface area contributed by atoms with E-state index in [-0.39, 0.29) is 5.91 Å². The van der Waals surface area contributed by atoms with Crippen LogP contribution in [0.2, 0.25) is 0 Å². The van der Waals surface area contributed by atoms with Gasteiger partial charge in [0.15, 0.2) is 4.67 Å². The second kappa shape index (κ2) is 5.51. The van der Waals surface area contributed by atoms with Crippen molar-refractivity contribution in [1.82, 2.24) is 5.32 Å². The third-order valence-electron chi connectivity index (χ3n) is 1.57. The summed E-state index contributed by atoms with van der Waals surface area (Å²) < 4.78 is 5.40. The molecule has 0 atom stereocenters. The van der Waals surface area contributed by atoms with Gasteiger partial charge in [0.25, 0.3) is 5.91 Å². The summed E-state index contributed by atoms with van der Waals surface area (Å²) in [5, 5.41) is 2.73. The average molecular weight is 256 g/mol. The first-order valence-corrected chi connectivity index (χ1v) is 4.96. The van der Waals surface area contributed by atoms with E-state index in [1.807, 2.05) is 0 Å². The van der Waals surface area contributed by atoms with Gasteiger partial charge in [-0.1, -0.05) is 0 Å². The zero-order valence-electron chi connectivity index (χ0n) is 7.76. The van der Waals surface area contributed by atoms with E-state index in [1.54, 1.807) is 13.0 Å². The summed E-state index contributed by atoms with van der Waals surface area (Å²) in [6.07, 6.45) is 2.13. The maximum absolute atomic E-state index is 11.4. The molecule has 0 unspecified atom stereocenters. The van der Waals surface area contributed by atoms with Crippen LogP contribution in [0.1, 0.15) is 23.7 Å². The summed E-state index contributed by atoms with van der Waals surface area (Å²) in [6.45, 7) is 2.33. The summed E-state index contributed by atoms with van der Waals surface area (Å²) in [7, 11) is 0. The lowest BCUT2D eigenvalue weighted by Gasteiger charge is -1.99. The molecule has 0 saturated carbocycles. The maximum Gasteiger partial charge on any atom is 0.255 e. The van der Waals surface area contributed by atoms with E-state index in [0.29, 0.717) is 23.2 Å². The molecule has 0 aliphatic rings. The van der Waals surface area contributed by atoms with Crippen LogP contribution in [0.25, 0.3) is 0 Å². The largest absolute Gasteiger partial charge is 0.457 e. The summed E-state index contributed by atoms with van der Waals surface area (Å²) >= 11 is 3.13. The third kappa shape index (κ3) is 2.93. The minimum absolute atomic E-state index is 0.150. The van der Waals surface area contributed by atoms with Crippen LogP contribution < -0.4 is 5.32 Å². The van der Waals surface area contributed by atoms with Gasteiger partial charge in [0.2, 0.25) is 0 Å². The number of hydrogen-bond donors (Lipinski definition) is 1. The first-order chi connectivity index (χ1) is 6.75. The van der Waals surface area contributed by atoms with Crippen molar-refractivity contribution in [3.8, 4) is 11.8 Å². The van der Waals surface area contributed by atoms with Crippen molar-refractivity contribution in [2.45, 2.75) is 13.3 Å². The molecule has 0 spiro atoms. The molecule has 0 saturated heterocycles. The van der Waals surface area contributed by atoms with E-state index in [2.05, 4.69) is 33.1 Å². The van der Waals surface area contributed by atoms with Crippen LogP contribution in [0, 0.1) is 11.8 Å². The van der Waals surface area contributed by atoms with Gasteiger partial charge in [0, 0.05) is 13.0 Å². The molecule has 3 nitrogen and oxygen atoms in total. The summed E-state index contributed by atoms with van der Waals surface area (Å²) in [6, 6.07) is 1.62. The Labute approximate surface area is 91.0 Å². The van der Waals surface area contributed by atoms with Crippen molar-refractivity contribution < 1.29 is 9.21 Å². The van der Waals surface area contributed by atoms with Gasteiger partial charge in [0.05, 0.1) is 11.8 Å². The van der Waals surface area contributed by atoms with Crippen LogP contribution in [-0.4, -0.2) is 12.5 Å². The first-order valence-electron chi connectivity index (χ1n) is 4.16. The third-order valence-corrected chi connectivity index (χ3v) is 2.19. The Hall–Kier alpha value is -1.21. The lowest BCUT2D eigenvalue weighted by atomic mass is 10.3. The normalized spacial score (nSPS) is 9.00. The van der Waals surface area contributed by atoms with Crippen molar-refractivity contribution in [2.75, 3.05) is 6.54 Å². The first kappa shape index (κ1) is 10.9. The molecule has 0 aliphatic heterocycles. The number of carbonyl (C=O) groups is 1. The van der Waals surface area contributed by atoms with E-state index in [0.717, 1.165) is 0 Å². The van der Waals surface area contributed by atoms with Gasteiger partial charge in [-0.05, 0) is 28.9 Å². The van der Waals surface area contributed by atoms with Gasteiger partial charge < -0.3 is 9.73 Å². The molecule has 0 aromatic carbocycles. The van der Waals surface area contributed by atoms with Gasteiger partial charge in [-0.3, -0.25) is 4.79 Å². The zero-order chi connectivity index (χ0) is 10.4. The van der Waals surface area contributed by atoms with E-state index in [4.69, 9.17) is 4.42 Å². The van der Waals surface area contributed by atoms with Gasteiger partial charge in [-0.25, -0.2) is 0 Å². The highest BCUT2D eigenvalue weighted by molar-refractivity contribution is 9.10. The Morgan fingerprint density at radius 1 is 1.71 bits per heavy atom. The molecule has 0 fully saturated rings. The van der Waals surface area contributed by atoms with Crippen LogP contribution in [0.5, 0.6) is 0 Å². The van der Waals surface area contributed by atoms with E-state index >= 15 is 0 Å². The second-order valence-electron chi connectivity index (χ2n) is 2.54. The van der Waals surface area contributed by atoms with Crippen LogP contribution in [0.15, 0.2) is 21.4 Å². The standard InChI is InChI=1S/C10H10BrNO2/c1-2-3-4-6-12-10(13)8-5-7-14-9(8)11/h5,7H,4,6H2,1H3,(H,12,13). The number of amides is 1. The van der Waals surface area contributed by atoms with Crippen LogP contribution in [0.3, 0.4) is 0 Å². The number of nitrogens with one attached hydrogen (secondary N) is 1.